The van der Waals surface area contributed by atoms with Crippen molar-refractivity contribution in [1.29, 1.82) is 0 Å². The molecule has 0 unspecified atom stereocenters. The summed E-state index contributed by atoms with van der Waals surface area (Å²) < 4.78 is 44.2. The molecule has 0 amide bonds. The van der Waals surface area contributed by atoms with Gasteiger partial charge in [0.05, 0.1) is 29.7 Å². The Morgan fingerprint density at radius 3 is 2.48 bits per heavy atom. The predicted octanol–water partition coefficient (Wildman–Crippen LogP) is 3.22. The van der Waals surface area contributed by atoms with Crippen LogP contribution in [0.5, 0.6) is 0 Å². The predicted molar refractivity (Wildman–Crippen MR) is 71.8 cm³/mol. The molecule has 2 rings (SSSR count). The third-order valence-electron chi connectivity index (χ3n) is 2.82. The third-order valence-corrected chi connectivity index (χ3v) is 2.82. The van der Waals surface area contributed by atoms with E-state index in [-0.39, 0.29) is 22.6 Å². The van der Waals surface area contributed by atoms with Gasteiger partial charge in [-0.2, -0.15) is 0 Å². The van der Waals surface area contributed by atoms with Gasteiger partial charge in [-0.25, -0.2) is 18.0 Å². The number of carbonyl (C=O) groups is 1. The molecule has 0 bridgehead atoms. The van der Waals surface area contributed by atoms with Gasteiger partial charge in [-0.05, 0) is 24.3 Å². The molecular formula is C14H11F3N2O2. The SMILES string of the molecule is COC(=O)c1cccc(Nc2ccc(F)c(F)c2F)c1N. The van der Waals surface area contributed by atoms with Crippen LogP contribution in [-0.2, 0) is 4.74 Å². The molecule has 0 aliphatic carbocycles. The van der Waals surface area contributed by atoms with Crippen LogP contribution < -0.4 is 11.1 Å². The first-order chi connectivity index (χ1) is 9.95. The summed E-state index contributed by atoms with van der Waals surface area (Å²) in [6.45, 7) is 0. The van der Waals surface area contributed by atoms with Crippen LogP contribution in [0.4, 0.5) is 30.2 Å². The normalized spacial score (nSPS) is 10.3. The van der Waals surface area contributed by atoms with Crippen molar-refractivity contribution < 1.29 is 22.7 Å². The standard InChI is InChI=1S/C14H11F3N2O2/c1-21-14(20)7-3-2-4-10(13(7)18)19-9-6-5-8(15)11(16)12(9)17/h2-6,19H,18H2,1H3. The van der Waals surface area contributed by atoms with Gasteiger partial charge in [0.25, 0.3) is 0 Å². The molecule has 7 heteroatoms. The fraction of sp³-hybridized carbons (Fsp3) is 0.0714. The van der Waals surface area contributed by atoms with Gasteiger partial charge >= 0.3 is 5.97 Å². The molecule has 21 heavy (non-hydrogen) atoms. The van der Waals surface area contributed by atoms with E-state index in [0.717, 1.165) is 12.1 Å². The lowest BCUT2D eigenvalue weighted by Gasteiger charge is -2.13. The number of hydrogen-bond donors (Lipinski definition) is 2. The van der Waals surface area contributed by atoms with Crippen molar-refractivity contribution in [2.45, 2.75) is 0 Å². The first-order valence-electron chi connectivity index (χ1n) is 5.83. The van der Waals surface area contributed by atoms with E-state index < -0.39 is 23.4 Å². The third kappa shape index (κ3) is 2.76. The average molecular weight is 296 g/mol. The second-order valence-corrected chi connectivity index (χ2v) is 4.11. The van der Waals surface area contributed by atoms with E-state index in [1.165, 1.54) is 25.3 Å². The summed E-state index contributed by atoms with van der Waals surface area (Å²) in [4.78, 5) is 11.5. The van der Waals surface area contributed by atoms with Crippen molar-refractivity contribution in [3.05, 3.63) is 53.3 Å². The van der Waals surface area contributed by atoms with Crippen molar-refractivity contribution in [1.82, 2.24) is 0 Å². The van der Waals surface area contributed by atoms with Gasteiger partial charge in [-0.3, -0.25) is 0 Å². The van der Waals surface area contributed by atoms with Crippen LogP contribution in [0, 0.1) is 17.5 Å². The molecule has 0 heterocycles. The summed E-state index contributed by atoms with van der Waals surface area (Å²) >= 11 is 0. The number of para-hydroxylation sites is 1. The largest absolute Gasteiger partial charge is 0.465 e. The number of nitrogens with two attached hydrogens (primary N) is 1. The Morgan fingerprint density at radius 1 is 1.10 bits per heavy atom. The van der Waals surface area contributed by atoms with Crippen molar-refractivity contribution >= 4 is 23.0 Å². The minimum atomic E-state index is -1.59. The summed E-state index contributed by atoms with van der Waals surface area (Å²) in [5, 5.41) is 2.51. The van der Waals surface area contributed by atoms with Crippen LogP contribution in [0.15, 0.2) is 30.3 Å². The number of ether oxygens (including phenoxy) is 1. The summed E-state index contributed by atoms with van der Waals surface area (Å²) in [6, 6.07) is 6.18. The number of methoxy groups -OCH3 is 1. The summed E-state index contributed by atoms with van der Waals surface area (Å²) in [7, 11) is 1.19. The molecule has 0 saturated heterocycles. The zero-order valence-corrected chi connectivity index (χ0v) is 10.9. The van der Waals surface area contributed by atoms with Gasteiger partial charge in [0.15, 0.2) is 17.5 Å². The van der Waals surface area contributed by atoms with Crippen molar-refractivity contribution in [3.63, 3.8) is 0 Å². The molecule has 0 saturated carbocycles. The van der Waals surface area contributed by atoms with Gasteiger partial charge in [-0.15, -0.1) is 0 Å². The Balaban J connectivity index is 2.41. The van der Waals surface area contributed by atoms with E-state index in [2.05, 4.69) is 10.1 Å². The van der Waals surface area contributed by atoms with Crippen molar-refractivity contribution in [2.75, 3.05) is 18.2 Å². The molecule has 0 aromatic heterocycles. The van der Waals surface area contributed by atoms with Crippen LogP contribution in [0.25, 0.3) is 0 Å². The first-order valence-corrected chi connectivity index (χ1v) is 5.83. The number of esters is 1. The molecule has 0 fully saturated rings. The number of nitrogens with one attached hydrogen (secondary N) is 1. The van der Waals surface area contributed by atoms with Gasteiger partial charge < -0.3 is 15.8 Å². The Labute approximate surface area is 118 Å². The van der Waals surface area contributed by atoms with Crippen LogP contribution in [0.3, 0.4) is 0 Å². The smallest absolute Gasteiger partial charge is 0.340 e. The Kier molecular flexibility index (Phi) is 4.02. The van der Waals surface area contributed by atoms with E-state index in [1.54, 1.807) is 0 Å². The zero-order valence-electron chi connectivity index (χ0n) is 10.9. The van der Waals surface area contributed by atoms with E-state index in [1.807, 2.05) is 0 Å². The maximum Gasteiger partial charge on any atom is 0.340 e. The van der Waals surface area contributed by atoms with E-state index in [9.17, 15) is 18.0 Å². The minimum absolute atomic E-state index is 0.00785. The fourth-order valence-corrected chi connectivity index (χ4v) is 1.73. The molecular weight excluding hydrogens is 285 g/mol. The first kappa shape index (κ1) is 14.7. The number of rotatable bonds is 3. The highest BCUT2D eigenvalue weighted by atomic mass is 19.2. The average Bonchev–Trinajstić information content (AvgIpc) is 2.49. The Morgan fingerprint density at radius 2 is 1.81 bits per heavy atom. The molecule has 0 aliphatic heterocycles. The van der Waals surface area contributed by atoms with Gasteiger partial charge in [0.1, 0.15) is 0 Å². The highest BCUT2D eigenvalue weighted by Gasteiger charge is 2.16. The number of benzene rings is 2. The maximum absolute atomic E-state index is 13.6. The van der Waals surface area contributed by atoms with Gasteiger partial charge in [0.2, 0.25) is 0 Å². The van der Waals surface area contributed by atoms with Gasteiger partial charge in [-0.1, -0.05) is 6.07 Å². The van der Waals surface area contributed by atoms with Crippen LogP contribution in [-0.4, -0.2) is 13.1 Å². The quantitative estimate of drug-likeness (QED) is 0.518. The second kappa shape index (κ2) is 5.74. The monoisotopic (exact) mass is 296 g/mol. The van der Waals surface area contributed by atoms with Crippen LogP contribution in [0.1, 0.15) is 10.4 Å². The number of anilines is 3. The highest BCUT2D eigenvalue weighted by molar-refractivity contribution is 5.98. The molecule has 0 spiro atoms. The van der Waals surface area contributed by atoms with E-state index in [4.69, 9.17) is 5.73 Å². The Hall–Kier alpha value is -2.70. The lowest BCUT2D eigenvalue weighted by Crippen LogP contribution is -2.08. The maximum atomic E-state index is 13.6. The molecule has 110 valence electrons. The molecule has 0 atom stereocenters. The number of hydrogen-bond acceptors (Lipinski definition) is 4. The number of carbonyl (C=O) groups excluding carboxylic acids is 1. The minimum Gasteiger partial charge on any atom is -0.465 e. The van der Waals surface area contributed by atoms with Crippen molar-refractivity contribution in [3.8, 4) is 0 Å². The summed E-state index contributed by atoms with van der Waals surface area (Å²) in [6.07, 6.45) is 0. The highest BCUT2D eigenvalue weighted by Crippen LogP contribution is 2.29. The molecule has 4 nitrogen and oxygen atoms in total. The molecule has 3 N–H and O–H groups in total. The topological polar surface area (TPSA) is 64.3 Å². The molecule has 2 aromatic carbocycles. The van der Waals surface area contributed by atoms with Gasteiger partial charge in [0, 0.05) is 0 Å². The molecule has 0 radical (unpaired) electrons. The fourth-order valence-electron chi connectivity index (χ4n) is 1.73. The van der Waals surface area contributed by atoms with E-state index >= 15 is 0 Å². The molecule has 0 aliphatic rings. The van der Waals surface area contributed by atoms with Crippen LogP contribution in [0.2, 0.25) is 0 Å². The van der Waals surface area contributed by atoms with Crippen LogP contribution >= 0.6 is 0 Å². The zero-order chi connectivity index (χ0) is 15.6. The molecule has 2 aromatic rings. The number of halogens is 3. The number of nitrogen functional groups attached to an aromatic ring is 1. The summed E-state index contributed by atoms with van der Waals surface area (Å²) in [5.41, 5.74) is 5.72. The Bertz CT molecular complexity index is 705. The van der Waals surface area contributed by atoms with E-state index in [0.29, 0.717) is 0 Å². The summed E-state index contributed by atoms with van der Waals surface area (Å²) in [5.74, 6) is -4.93. The van der Waals surface area contributed by atoms with Crippen molar-refractivity contribution in [2.24, 2.45) is 0 Å². The lowest BCUT2D eigenvalue weighted by molar-refractivity contribution is 0.0602. The second-order valence-electron chi connectivity index (χ2n) is 4.11. The lowest BCUT2D eigenvalue weighted by atomic mass is 10.1.